The van der Waals surface area contributed by atoms with Gasteiger partial charge in [0.15, 0.2) is 0 Å². The van der Waals surface area contributed by atoms with E-state index in [0.29, 0.717) is 72.2 Å². The number of hydrogen-bond acceptors (Lipinski definition) is 5. The van der Waals surface area contributed by atoms with Crippen LogP contribution in [0.3, 0.4) is 0 Å². The van der Waals surface area contributed by atoms with Crippen LogP contribution >= 0.6 is 0 Å². The third-order valence-electron chi connectivity index (χ3n) is 9.92. The molecule has 4 aromatic rings. The molecule has 0 saturated heterocycles. The summed E-state index contributed by atoms with van der Waals surface area (Å²) in [5, 5.41) is 13.7. The molecule has 6 rings (SSSR count). The minimum absolute atomic E-state index is 0.0208. The van der Waals surface area contributed by atoms with E-state index in [-0.39, 0.29) is 18.7 Å². The third kappa shape index (κ3) is 12.5. The average Bonchev–Trinajstić information content (AvgIpc) is 3.80. The van der Waals surface area contributed by atoms with Crippen molar-refractivity contribution in [1.82, 2.24) is 10.6 Å². The van der Waals surface area contributed by atoms with Crippen molar-refractivity contribution in [2.75, 3.05) is 6.61 Å². The fourth-order valence-electron chi connectivity index (χ4n) is 6.96. The lowest BCUT2D eigenvalue weighted by atomic mass is 10.0. The summed E-state index contributed by atoms with van der Waals surface area (Å²) >= 11 is 0. The highest BCUT2D eigenvalue weighted by atomic mass is 19.4. The molecule has 2 aliphatic rings. The Kier molecular flexibility index (Phi) is 14.4. The third-order valence-corrected chi connectivity index (χ3v) is 9.92. The van der Waals surface area contributed by atoms with Crippen LogP contribution in [0.25, 0.3) is 12.2 Å². The summed E-state index contributed by atoms with van der Waals surface area (Å²) in [6.07, 6.45) is -13.1. The number of esters is 1. The van der Waals surface area contributed by atoms with E-state index in [9.17, 15) is 71.9 Å². The standard InChI is InChI=1S/C23H19F6NO3.C21H15F6NO3/c1-2-33-20(31)8-4-13-3-6-18-14(9-13)5-7-19(18)30-21(32)15-10-16(22(24,25)26)12-17(11-15)23(27,28)29;22-20(23,24)14-8-13(9-15(10-14)21(25,26)27)19(31)28-17-5-3-12-7-11(1-4-16(12)17)2-6-18(29)30/h3-4,6,8-12,19H,2,5,7H2,1H3,(H,30,32);1-2,4,6-10,17H,3,5H2,(H,28,31)(H,29,30)/b8-4+;6-2+. The number of aliphatic carboxylic acids is 1. The predicted molar refractivity (Wildman–Crippen MR) is 205 cm³/mol. The first-order valence-corrected chi connectivity index (χ1v) is 18.9. The van der Waals surface area contributed by atoms with Crippen molar-refractivity contribution in [3.05, 3.63) is 152 Å². The summed E-state index contributed by atoms with van der Waals surface area (Å²) < 4.78 is 161. The number of carbonyl (C=O) groups excluding carboxylic acids is 3. The summed E-state index contributed by atoms with van der Waals surface area (Å²) in [6, 6.07) is 10.5. The smallest absolute Gasteiger partial charge is 0.416 e. The van der Waals surface area contributed by atoms with Gasteiger partial charge in [0.25, 0.3) is 11.8 Å². The fourth-order valence-corrected chi connectivity index (χ4v) is 6.96. The quantitative estimate of drug-likeness (QED) is 0.0873. The molecule has 0 fully saturated rings. The van der Waals surface area contributed by atoms with Gasteiger partial charge in [0.05, 0.1) is 40.9 Å². The first-order chi connectivity index (χ1) is 29.7. The van der Waals surface area contributed by atoms with Crippen LogP contribution < -0.4 is 10.6 Å². The lowest BCUT2D eigenvalue weighted by Gasteiger charge is -2.17. The molecule has 2 unspecified atom stereocenters. The molecule has 64 heavy (non-hydrogen) atoms. The zero-order chi connectivity index (χ0) is 47.4. The molecular weight excluding hydrogens is 880 g/mol. The molecule has 0 aliphatic heterocycles. The van der Waals surface area contributed by atoms with Gasteiger partial charge < -0.3 is 20.5 Å². The SMILES string of the molecule is CCOC(=O)/C=C/c1ccc2c(c1)CCC2NC(=O)c1cc(C(F)(F)F)cc(C(F)(F)F)c1.O=C(O)/C=C/c1ccc2c(c1)CCC2NC(=O)c1cc(C(F)(F)F)cc(C(F)(F)F)c1. The Labute approximate surface area is 355 Å². The molecule has 3 N–H and O–H groups in total. The zero-order valence-corrected chi connectivity index (χ0v) is 33.0. The van der Waals surface area contributed by atoms with Crippen molar-refractivity contribution < 1.29 is 81.7 Å². The highest BCUT2D eigenvalue weighted by Gasteiger charge is 2.39. The van der Waals surface area contributed by atoms with Gasteiger partial charge in [-0.25, -0.2) is 9.59 Å². The van der Waals surface area contributed by atoms with Crippen molar-refractivity contribution in [3.63, 3.8) is 0 Å². The highest BCUT2D eigenvalue weighted by molar-refractivity contribution is 5.96. The molecule has 2 aliphatic carbocycles. The minimum Gasteiger partial charge on any atom is -0.478 e. The van der Waals surface area contributed by atoms with E-state index in [0.717, 1.165) is 17.2 Å². The van der Waals surface area contributed by atoms with Crippen LogP contribution in [0, 0.1) is 0 Å². The van der Waals surface area contributed by atoms with Gasteiger partial charge in [0.1, 0.15) is 0 Å². The van der Waals surface area contributed by atoms with E-state index in [1.165, 1.54) is 12.2 Å². The molecule has 0 spiro atoms. The number of amides is 2. The molecule has 0 radical (unpaired) electrons. The first-order valence-electron chi connectivity index (χ1n) is 18.9. The summed E-state index contributed by atoms with van der Waals surface area (Å²) in [6.45, 7) is 1.92. The normalized spacial score (nSPS) is 16.2. The van der Waals surface area contributed by atoms with E-state index in [2.05, 4.69) is 10.6 Å². The van der Waals surface area contributed by atoms with Crippen molar-refractivity contribution in [3.8, 4) is 0 Å². The monoisotopic (exact) mass is 914 g/mol. The Morgan fingerprint density at radius 3 is 1.27 bits per heavy atom. The zero-order valence-electron chi connectivity index (χ0n) is 33.0. The second kappa shape index (κ2) is 19.0. The molecule has 20 heteroatoms. The first kappa shape index (κ1) is 48.4. The van der Waals surface area contributed by atoms with Crippen molar-refractivity contribution in [2.45, 2.75) is 69.4 Å². The summed E-state index contributed by atoms with van der Waals surface area (Å²) in [5.74, 6) is -3.70. The number of nitrogens with one attached hydrogen (secondary N) is 2. The fraction of sp³-hybridized carbons (Fsp3) is 0.273. The molecule has 0 heterocycles. The number of fused-ring (bicyclic) bond motifs is 2. The molecule has 0 bridgehead atoms. The number of hydrogen-bond donors (Lipinski definition) is 3. The van der Waals surface area contributed by atoms with E-state index in [4.69, 9.17) is 9.84 Å². The largest absolute Gasteiger partial charge is 0.478 e. The molecule has 2 atom stereocenters. The van der Waals surface area contributed by atoms with E-state index in [1.807, 2.05) is 0 Å². The Hall–Kier alpha value is -6.60. The lowest BCUT2D eigenvalue weighted by molar-refractivity contribution is -0.144. The number of benzene rings is 4. The van der Waals surface area contributed by atoms with Crippen LogP contribution in [0.5, 0.6) is 0 Å². The van der Waals surface area contributed by atoms with E-state index >= 15 is 0 Å². The van der Waals surface area contributed by atoms with Gasteiger partial charge >= 0.3 is 36.6 Å². The van der Waals surface area contributed by atoms with Gasteiger partial charge in [0, 0.05) is 23.3 Å². The highest BCUT2D eigenvalue weighted by Crippen LogP contribution is 2.39. The van der Waals surface area contributed by atoms with Crippen molar-refractivity contribution >= 4 is 35.9 Å². The second-order valence-corrected chi connectivity index (χ2v) is 14.4. The Balaban J connectivity index is 0.000000241. The number of carbonyl (C=O) groups is 4. The van der Waals surface area contributed by atoms with Crippen molar-refractivity contribution in [1.29, 1.82) is 0 Å². The van der Waals surface area contributed by atoms with Gasteiger partial charge in [-0.05, 0) is 115 Å². The topological polar surface area (TPSA) is 122 Å². The maximum Gasteiger partial charge on any atom is 0.416 e. The van der Waals surface area contributed by atoms with Crippen molar-refractivity contribution in [2.24, 2.45) is 0 Å². The summed E-state index contributed by atoms with van der Waals surface area (Å²) in [5.41, 5.74) is -3.32. The predicted octanol–water partition coefficient (Wildman–Crippen LogP) is 11.0. The van der Waals surface area contributed by atoms with E-state index in [1.54, 1.807) is 49.4 Å². The van der Waals surface area contributed by atoms with Gasteiger partial charge in [-0.15, -0.1) is 0 Å². The van der Waals surface area contributed by atoms with Crippen LogP contribution in [-0.2, 0) is 51.9 Å². The van der Waals surface area contributed by atoms with E-state index < -0.39 is 93.9 Å². The molecule has 8 nitrogen and oxygen atoms in total. The Morgan fingerprint density at radius 2 is 0.938 bits per heavy atom. The number of alkyl halides is 12. The summed E-state index contributed by atoms with van der Waals surface area (Å²) in [4.78, 5) is 47.1. The second-order valence-electron chi connectivity index (χ2n) is 14.4. The van der Waals surface area contributed by atoms with Crippen LogP contribution in [0.1, 0.15) is 108 Å². The number of carboxylic acids is 1. The molecule has 0 saturated carbocycles. The number of ether oxygens (including phenoxy) is 1. The molecule has 4 aromatic carbocycles. The van der Waals surface area contributed by atoms with Crippen LogP contribution in [0.15, 0.2) is 84.9 Å². The molecular formula is C44H34F12N2O6. The van der Waals surface area contributed by atoms with Crippen LogP contribution in [0.4, 0.5) is 52.7 Å². The maximum atomic E-state index is 13.1. The number of rotatable bonds is 9. The van der Waals surface area contributed by atoms with Gasteiger partial charge in [0.2, 0.25) is 0 Å². The molecule has 0 aromatic heterocycles. The number of aryl methyl sites for hydroxylation is 2. The number of halogens is 12. The van der Waals surface area contributed by atoms with Crippen LogP contribution in [0.2, 0.25) is 0 Å². The molecule has 2 amide bonds. The maximum absolute atomic E-state index is 13.1. The van der Waals surface area contributed by atoms with Gasteiger partial charge in [-0.1, -0.05) is 36.4 Å². The Bertz CT molecular complexity index is 2420. The lowest BCUT2D eigenvalue weighted by Crippen LogP contribution is -2.28. The van der Waals surface area contributed by atoms with Crippen LogP contribution in [-0.4, -0.2) is 35.5 Å². The molecule has 340 valence electrons. The Morgan fingerprint density at radius 1 is 0.578 bits per heavy atom. The van der Waals surface area contributed by atoms with Gasteiger partial charge in [-0.3, -0.25) is 9.59 Å². The number of carboxylic acid groups (broad SMARTS) is 1. The van der Waals surface area contributed by atoms with Gasteiger partial charge in [-0.2, -0.15) is 52.7 Å². The minimum atomic E-state index is -5.05. The average molecular weight is 915 g/mol. The summed E-state index contributed by atoms with van der Waals surface area (Å²) in [7, 11) is 0.